The number of benzene rings is 5. The van der Waals surface area contributed by atoms with Crippen molar-refractivity contribution in [1.29, 1.82) is 0 Å². The molecule has 1 aromatic heterocycles. The number of aromatic nitrogens is 2. The molecule has 0 radical (unpaired) electrons. The van der Waals surface area contributed by atoms with Crippen LogP contribution in [0.5, 0.6) is 5.75 Å². The lowest BCUT2D eigenvalue weighted by Crippen LogP contribution is -2.55. The average Bonchev–Trinajstić information content (AvgIpc) is 3.77. The molecule has 0 aliphatic rings. The largest absolute Gasteiger partial charge is 0.489 e. The number of nitrogens with one attached hydrogen (secondary N) is 3. The number of esters is 1. The van der Waals surface area contributed by atoms with Crippen LogP contribution in [0.4, 0.5) is 10.8 Å². The van der Waals surface area contributed by atoms with Crippen molar-refractivity contribution >= 4 is 75.6 Å². The molecule has 65 heavy (non-hydrogen) atoms. The fourth-order valence-corrected chi connectivity index (χ4v) is 8.19. The van der Waals surface area contributed by atoms with Crippen molar-refractivity contribution in [1.82, 2.24) is 20.8 Å². The normalized spacial score (nSPS) is 12.3. The van der Waals surface area contributed by atoms with E-state index in [4.69, 9.17) is 33.2 Å². The van der Waals surface area contributed by atoms with Crippen LogP contribution in [0.1, 0.15) is 49.4 Å². The van der Waals surface area contributed by atoms with Gasteiger partial charge in [0.2, 0.25) is 22.9 Å². The van der Waals surface area contributed by atoms with Gasteiger partial charge in [-0.3, -0.25) is 29.2 Å². The summed E-state index contributed by atoms with van der Waals surface area (Å²) in [7, 11) is 0. The van der Waals surface area contributed by atoms with Gasteiger partial charge in [-0.1, -0.05) is 121 Å². The molecule has 0 aliphatic carbocycles. The van der Waals surface area contributed by atoms with Crippen LogP contribution in [-0.4, -0.2) is 76.4 Å². The number of ether oxygens (including phenoxy) is 2. The van der Waals surface area contributed by atoms with Gasteiger partial charge >= 0.3 is 5.97 Å². The minimum absolute atomic E-state index is 0.0413. The zero-order valence-corrected chi connectivity index (χ0v) is 38.0. The summed E-state index contributed by atoms with van der Waals surface area (Å²) in [5.41, 5.74) is 15.0. The molecular weight excluding hydrogens is 883 g/mol. The zero-order valence-electron chi connectivity index (χ0n) is 35.5. The molecule has 0 fully saturated rings. The summed E-state index contributed by atoms with van der Waals surface area (Å²) < 4.78 is 12.0. The van der Waals surface area contributed by atoms with Gasteiger partial charge in [-0.15, -0.1) is 5.10 Å². The second-order valence-electron chi connectivity index (χ2n) is 14.8. The Bertz CT molecular complexity index is 2600. The molecule has 0 bridgehead atoms. The second kappa shape index (κ2) is 24.0. The summed E-state index contributed by atoms with van der Waals surface area (Å²) in [5, 5.41) is 12.6. The number of H-pyrrole nitrogens is 1. The first-order valence-electron chi connectivity index (χ1n) is 20.7. The molecule has 3 atom stereocenters. The third kappa shape index (κ3) is 13.5. The van der Waals surface area contributed by atoms with Gasteiger partial charge in [-0.05, 0) is 83.6 Å². The number of anilines is 2. The highest BCUT2D eigenvalue weighted by Crippen LogP contribution is 2.34. The van der Waals surface area contributed by atoms with Crippen LogP contribution in [0.2, 0.25) is 0 Å². The van der Waals surface area contributed by atoms with E-state index in [2.05, 4.69) is 20.8 Å². The number of hydrogen-bond acceptors (Lipinski definition) is 13. The van der Waals surface area contributed by atoms with Crippen molar-refractivity contribution in [2.75, 3.05) is 23.5 Å². The van der Waals surface area contributed by atoms with E-state index in [-0.39, 0.29) is 51.8 Å². The average molecular weight is 932 g/mol. The molecule has 14 nitrogen and oxygen atoms in total. The van der Waals surface area contributed by atoms with E-state index in [0.29, 0.717) is 29.2 Å². The first-order chi connectivity index (χ1) is 31.5. The molecule has 0 aliphatic heterocycles. The monoisotopic (exact) mass is 931 g/mol. The van der Waals surface area contributed by atoms with Crippen LogP contribution in [0.15, 0.2) is 133 Å². The Morgan fingerprint density at radius 1 is 0.754 bits per heavy atom. The van der Waals surface area contributed by atoms with Gasteiger partial charge in [0.15, 0.2) is 9.74 Å². The number of nitrogens with two attached hydrogens (primary N) is 2. The smallest absolute Gasteiger partial charge is 0.339 e. The van der Waals surface area contributed by atoms with Crippen LogP contribution in [0.3, 0.4) is 0 Å². The second-order valence-corrected chi connectivity index (χ2v) is 17.4. The van der Waals surface area contributed by atoms with Gasteiger partial charge in [-0.25, -0.2) is 4.79 Å². The van der Waals surface area contributed by atoms with Crippen LogP contribution >= 0.6 is 35.3 Å². The van der Waals surface area contributed by atoms with E-state index in [1.165, 1.54) is 30.0 Å². The van der Waals surface area contributed by atoms with E-state index in [0.717, 1.165) is 27.4 Å². The topological polar surface area (TPSA) is 212 Å². The molecule has 1 heterocycles. The number of thioether (sulfide) groups is 1. The molecule has 0 spiro atoms. The maximum absolute atomic E-state index is 15.5. The standard InChI is InChI=1S/C48H49N7O7S3/c1-64-25-24-38(51-44(58)37(50)26-31-12-5-2-6-13-31)45(59)52-39(27-32-20-22-35(23-21-32)61-29-33-14-7-3-8-15-33)43(57)42-36(46(60)62-30-34-16-9-4-10-17-34)18-11-19-40(42)55(41(56)28-49)47-53-54-48(63)65-47/h2-23,37-39H,24-30,49-50H2,1H3,(H,51,58)(H,52,59)(H,54,63)/t37-,38-,39-/m0/s1. The summed E-state index contributed by atoms with van der Waals surface area (Å²) in [6.07, 6.45) is 2.23. The summed E-state index contributed by atoms with van der Waals surface area (Å²) in [6, 6.07) is 35.9. The van der Waals surface area contributed by atoms with E-state index >= 15 is 4.79 Å². The Kier molecular flexibility index (Phi) is 17.7. The Hall–Kier alpha value is -6.50. The van der Waals surface area contributed by atoms with E-state index in [9.17, 15) is 19.2 Å². The Labute approximate surface area is 390 Å². The lowest BCUT2D eigenvalue weighted by molar-refractivity contribution is -0.129. The predicted octanol–water partition coefficient (Wildman–Crippen LogP) is 6.48. The lowest BCUT2D eigenvalue weighted by Gasteiger charge is -2.27. The van der Waals surface area contributed by atoms with E-state index in [1.807, 2.05) is 73.0 Å². The molecule has 7 N–H and O–H groups in total. The van der Waals surface area contributed by atoms with Crippen LogP contribution in [-0.2, 0) is 45.2 Å². The van der Waals surface area contributed by atoms with Crippen LogP contribution < -0.4 is 31.7 Å². The number of hydrogen-bond donors (Lipinski definition) is 5. The number of nitrogens with zero attached hydrogens (tertiary/aromatic N) is 2. The number of amides is 3. The Balaban J connectivity index is 1.39. The Morgan fingerprint density at radius 3 is 1.95 bits per heavy atom. The van der Waals surface area contributed by atoms with Gasteiger partial charge in [0.1, 0.15) is 25.0 Å². The highest BCUT2D eigenvalue weighted by Gasteiger charge is 2.35. The number of carbonyl (C=O) groups is 5. The molecule has 0 saturated heterocycles. The number of Topliss-reactive ketones (excluding diaryl/α,β-unsaturated/α-hetero) is 1. The molecule has 6 rings (SSSR count). The molecule has 17 heteroatoms. The maximum atomic E-state index is 15.5. The molecule has 0 saturated carbocycles. The summed E-state index contributed by atoms with van der Waals surface area (Å²) in [5.74, 6) is -2.42. The molecular formula is C48H49N7O7S3. The van der Waals surface area contributed by atoms with Gasteiger partial charge in [0, 0.05) is 6.42 Å². The maximum Gasteiger partial charge on any atom is 0.339 e. The predicted molar refractivity (Wildman–Crippen MR) is 256 cm³/mol. The fourth-order valence-electron chi connectivity index (χ4n) is 6.81. The van der Waals surface area contributed by atoms with Crippen molar-refractivity contribution in [3.63, 3.8) is 0 Å². The van der Waals surface area contributed by atoms with Crippen LogP contribution in [0, 0.1) is 3.95 Å². The molecule has 336 valence electrons. The minimum Gasteiger partial charge on any atom is -0.489 e. The first-order valence-corrected chi connectivity index (χ1v) is 23.3. The highest BCUT2D eigenvalue weighted by molar-refractivity contribution is 7.98. The molecule has 3 amide bonds. The molecule has 0 unspecified atom stereocenters. The lowest BCUT2D eigenvalue weighted by atomic mass is 9.92. The third-order valence-corrected chi connectivity index (χ3v) is 11.8. The zero-order chi connectivity index (χ0) is 46.1. The van der Waals surface area contributed by atoms with Crippen molar-refractivity contribution in [2.24, 2.45) is 11.5 Å². The van der Waals surface area contributed by atoms with E-state index < -0.39 is 54.1 Å². The van der Waals surface area contributed by atoms with Gasteiger partial charge in [0.05, 0.1) is 35.4 Å². The number of ketones is 1. The minimum atomic E-state index is -1.38. The summed E-state index contributed by atoms with van der Waals surface area (Å²) in [6.45, 7) is -0.284. The van der Waals surface area contributed by atoms with Crippen molar-refractivity contribution < 1.29 is 33.4 Å². The highest BCUT2D eigenvalue weighted by atomic mass is 32.2. The Morgan fingerprint density at radius 2 is 1.35 bits per heavy atom. The quantitative estimate of drug-likeness (QED) is 0.0282. The van der Waals surface area contributed by atoms with Gasteiger partial charge in [-0.2, -0.15) is 11.8 Å². The molecule has 5 aromatic carbocycles. The van der Waals surface area contributed by atoms with Gasteiger partial charge in [0.25, 0.3) is 0 Å². The SMILES string of the molecule is CSCC[C@H](NC(=O)[C@@H](N)Cc1ccccc1)C(=O)N[C@@H](Cc1ccc(OCc2ccccc2)cc1)C(=O)c1c(C(=O)OCc2ccccc2)cccc1N(C(=O)CN)c1n[nH]c(=S)s1. The van der Waals surface area contributed by atoms with Crippen molar-refractivity contribution in [2.45, 2.75) is 50.6 Å². The van der Waals surface area contributed by atoms with Crippen molar-refractivity contribution in [3.05, 3.63) is 171 Å². The van der Waals surface area contributed by atoms with Crippen molar-refractivity contribution in [3.8, 4) is 5.75 Å². The number of aromatic amines is 1. The summed E-state index contributed by atoms with van der Waals surface area (Å²) >= 11 is 7.73. The van der Waals surface area contributed by atoms with Crippen LogP contribution in [0.25, 0.3) is 0 Å². The third-order valence-electron chi connectivity index (χ3n) is 10.1. The summed E-state index contributed by atoms with van der Waals surface area (Å²) in [4.78, 5) is 72.5. The number of rotatable bonds is 22. The molecule has 6 aromatic rings. The first kappa shape index (κ1) is 48.0. The van der Waals surface area contributed by atoms with E-state index in [1.54, 1.807) is 48.5 Å². The van der Waals surface area contributed by atoms with Gasteiger partial charge < -0.3 is 31.6 Å². The fraction of sp³-hybridized carbons (Fsp3) is 0.229. The number of carbonyl (C=O) groups excluding carboxylic acids is 5.